The average molecular weight is 585 g/mol. The van der Waals surface area contributed by atoms with E-state index >= 15 is 0 Å². The summed E-state index contributed by atoms with van der Waals surface area (Å²) in [5.41, 5.74) is 0.230. The van der Waals surface area contributed by atoms with Gasteiger partial charge in [0.1, 0.15) is 24.4 Å². The predicted octanol–water partition coefficient (Wildman–Crippen LogP) is -2.53. The van der Waals surface area contributed by atoms with Crippen LogP contribution >= 0.6 is 0 Å². The Morgan fingerprint density at radius 2 is 1.68 bits per heavy atom. The number of esters is 2. The molecule has 1 aromatic rings. The average Bonchev–Trinajstić information content (AvgIpc) is 3.22. The summed E-state index contributed by atoms with van der Waals surface area (Å²) in [4.78, 5) is 24.9. The van der Waals surface area contributed by atoms with E-state index in [-0.39, 0.29) is 11.3 Å². The van der Waals surface area contributed by atoms with Gasteiger partial charge in [0.2, 0.25) is 6.29 Å². The highest BCUT2D eigenvalue weighted by atomic mass is 16.8. The first kappa shape index (κ1) is 30.7. The molecule has 11 atom stereocenters. The molecule has 0 unspecified atom stereocenters. The molecular weight excluding hydrogens is 552 g/mol. The SMILES string of the molecule is COC(=O)C1=CO[C@@H](O[C@@H]2O[C@H](CO)[C@@H](O)[C@H](O)[C@@H]2O)[C@H]2[C@@H](COC(=O)/C=C/c3ccc(O)c(O)c3)[C@@H](O)[C@@H](O)[C@H]12. The van der Waals surface area contributed by atoms with Crippen LogP contribution in [0.3, 0.4) is 0 Å². The number of carbonyl (C=O) groups is 2. The molecule has 0 aromatic heterocycles. The molecule has 15 nitrogen and oxygen atoms in total. The summed E-state index contributed by atoms with van der Waals surface area (Å²) in [6, 6.07) is 3.87. The van der Waals surface area contributed by atoms with Crippen LogP contribution in [0.4, 0.5) is 0 Å². The zero-order valence-corrected chi connectivity index (χ0v) is 21.7. The number of benzene rings is 1. The molecule has 0 spiro atoms. The third-order valence-electron chi connectivity index (χ3n) is 7.44. The van der Waals surface area contributed by atoms with Crippen LogP contribution in [0.1, 0.15) is 5.56 Å². The highest BCUT2D eigenvalue weighted by Gasteiger charge is 2.59. The molecule has 1 aliphatic carbocycles. The van der Waals surface area contributed by atoms with E-state index in [0.717, 1.165) is 19.4 Å². The zero-order valence-electron chi connectivity index (χ0n) is 21.7. The Hall–Kier alpha value is -3.28. The van der Waals surface area contributed by atoms with Crippen molar-refractivity contribution < 1.29 is 74.1 Å². The van der Waals surface area contributed by atoms with Crippen molar-refractivity contribution in [3.8, 4) is 11.5 Å². The number of aromatic hydroxyl groups is 2. The number of carbonyl (C=O) groups excluding carboxylic acids is 2. The maximum absolute atomic E-state index is 12.4. The first-order valence-corrected chi connectivity index (χ1v) is 12.6. The van der Waals surface area contributed by atoms with Crippen molar-refractivity contribution >= 4 is 18.0 Å². The minimum Gasteiger partial charge on any atom is -0.504 e. The van der Waals surface area contributed by atoms with Crippen molar-refractivity contribution in [2.75, 3.05) is 20.3 Å². The highest BCUT2D eigenvalue weighted by molar-refractivity contribution is 5.89. The van der Waals surface area contributed by atoms with Crippen LogP contribution in [0.25, 0.3) is 6.08 Å². The van der Waals surface area contributed by atoms with E-state index in [2.05, 4.69) is 0 Å². The number of rotatable bonds is 8. The first-order valence-electron chi connectivity index (χ1n) is 12.6. The van der Waals surface area contributed by atoms with Crippen LogP contribution in [0, 0.1) is 17.8 Å². The van der Waals surface area contributed by atoms with Crippen molar-refractivity contribution in [2.24, 2.45) is 17.8 Å². The second-order valence-electron chi connectivity index (χ2n) is 9.86. The third-order valence-corrected chi connectivity index (χ3v) is 7.44. The molecule has 4 rings (SSSR count). The normalized spacial score (nSPS) is 36.8. The quantitative estimate of drug-likeness (QED) is 0.0892. The van der Waals surface area contributed by atoms with Gasteiger partial charge in [-0.1, -0.05) is 6.07 Å². The molecule has 15 heteroatoms. The summed E-state index contributed by atoms with van der Waals surface area (Å²) in [6.45, 7) is -1.21. The van der Waals surface area contributed by atoms with E-state index in [4.69, 9.17) is 23.7 Å². The number of phenolic OH excluding ortho intramolecular Hbond substituents is 2. The van der Waals surface area contributed by atoms with Crippen molar-refractivity contribution in [3.63, 3.8) is 0 Å². The van der Waals surface area contributed by atoms with Gasteiger partial charge in [0.25, 0.3) is 0 Å². The molecule has 226 valence electrons. The summed E-state index contributed by atoms with van der Waals surface area (Å²) in [7, 11) is 1.10. The number of hydrogen-bond donors (Lipinski definition) is 8. The maximum atomic E-state index is 12.4. The number of phenols is 2. The minimum atomic E-state index is -1.79. The molecule has 41 heavy (non-hydrogen) atoms. The van der Waals surface area contributed by atoms with E-state index in [1.807, 2.05) is 0 Å². The van der Waals surface area contributed by atoms with Crippen LogP contribution in [0.15, 0.2) is 36.1 Å². The summed E-state index contributed by atoms with van der Waals surface area (Å²) < 4.78 is 26.7. The number of hydrogen-bond acceptors (Lipinski definition) is 15. The van der Waals surface area contributed by atoms with Gasteiger partial charge in [-0.15, -0.1) is 0 Å². The molecular formula is C26H32O15. The van der Waals surface area contributed by atoms with Crippen molar-refractivity contribution in [1.82, 2.24) is 0 Å². The molecule has 1 saturated heterocycles. The minimum absolute atomic E-state index is 0.140. The van der Waals surface area contributed by atoms with Gasteiger partial charge in [0.15, 0.2) is 17.8 Å². The van der Waals surface area contributed by atoms with Gasteiger partial charge in [-0.3, -0.25) is 0 Å². The van der Waals surface area contributed by atoms with Gasteiger partial charge in [0, 0.05) is 23.8 Å². The number of fused-ring (bicyclic) bond motifs is 1. The summed E-state index contributed by atoms with van der Waals surface area (Å²) >= 11 is 0. The topological polar surface area (TPSA) is 242 Å². The van der Waals surface area contributed by atoms with Gasteiger partial charge in [0.05, 0.1) is 44.4 Å². The van der Waals surface area contributed by atoms with E-state index in [0.29, 0.717) is 5.56 Å². The number of ether oxygens (including phenoxy) is 5. The molecule has 2 aliphatic heterocycles. The van der Waals surface area contributed by atoms with Crippen LogP contribution in [-0.4, -0.2) is 122 Å². The zero-order chi connectivity index (χ0) is 30.0. The van der Waals surface area contributed by atoms with Gasteiger partial charge in [-0.25, -0.2) is 9.59 Å². The Balaban J connectivity index is 1.54. The molecule has 0 amide bonds. The molecule has 0 bridgehead atoms. The van der Waals surface area contributed by atoms with Crippen LogP contribution in [0.5, 0.6) is 11.5 Å². The Kier molecular flexibility index (Phi) is 9.51. The van der Waals surface area contributed by atoms with E-state index in [9.17, 15) is 50.4 Å². The fourth-order valence-corrected chi connectivity index (χ4v) is 5.24. The summed E-state index contributed by atoms with van der Waals surface area (Å²) in [6.07, 6.45) is -9.41. The Bertz CT molecular complexity index is 1170. The maximum Gasteiger partial charge on any atom is 0.337 e. The second kappa shape index (κ2) is 12.7. The van der Waals surface area contributed by atoms with Gasteiger partial charge in [-0.2, -0.15) is 0 Å². The molecule has 0 radical (unpaired) electrons. The molecule has 2 heterocycles. The Labute approximate surface area is 233 Å². The number of aliphatic hydroxyl groups is 6. The number of methoxy groups -OCH3 is 1. The monoisotopic (exact) mass is 584 g/mol. The van der Waals surface area contributed by atoms with Crippen molar-refractivity contribution in [1.29, 1.82) is 0 Å². The van der Waals surface area contributed by atoms with Crippen LogP contribution in [-0.2, 0) is 33.3 Å². The van der Waals surface area contributed by atoms with E-state index in [1.54, 1.807) is 0 Å². The largest absolute Gasteiger partial charge is 0.504 e. The van der Waals surface area contributed by atoms with Crippen LogP contribution < -0.4 is 0 Å². The van der Waals surface area contributed by atoms with Gasteiger partial charge >= 0.3 is 11.9 Å². The molecule has 1 saturated carbocycles. The lowest BCUT2D eigenvalue weighted by atomic mass is 9.82. The van der Waals surface area contributed by atoms with Crippen molar-refractivity contribution in [3.05, 3.63) is 41.7 Å². The Morgan fingerprint density at radius 1 is 0.951 bits per heavy atom. The van der Waals surface area contributed by atoms with E-state index < -0.39 is 97.9 Å². The molecule has 1 aromatic carbocycles. The smallest absolute Gasteiger partial charge is 0.337 e. The van der Waals surface area contributed by atoms with Gasteiger partial charge < -0.3 is 64.5 Å². The lowest BCUT2D eigenvalue weighted by molar-refractivity contribution is -0.343. The Morgan fingerprint density at radius 3 is 2.34 bits per heavy atom. The third kappa shape index (κ3) is 6.17. The summed E-state index contributed by atoms with van der Waals surface area (Å²) in [5, 5.41) is 80.8. The predicted molar refractivity (Wildman–Crippen MR) is 132 cm³/mol. The molecule has 8 N–H and O–H groups in total. The lowest BCUT2D eigenvalue weighted by Crippen LogP contribution is -2.60. The fourth-order valence-electron chi connectivity index (χ4n) is 5.24. The van der Waals surface area contributed by atoms with Crippen LogP contribution in [0.2, 0.25) is 0 Å². The van der Waals surface area contributed by atoms with Gasteiger partial charge in [-0.05, 0) is 23.8 Å². The first-order chi connectivity index (χ1) is 19.5. The van der Waals surface area contributed by atoms with E-state index in [1.165, 1.54) is 24.3 Å². The van der Waals surface area contributed by atoms with Crippen molar-refractivity contribution in [2.45, 2.75) is 49.2 Å². The fraction of sp³-hybridized carbons (Fsp3) is 0.538. The summed E-state index contributed by atoms with van der Waals surface area (Å²) in [5.74, 6) is -5.79. The second-order valence-corrected chi connectivity index (χ2v) is 9.86. The molecule has 3 aliphatic rings. The number of aliphatic hydroxyl groups excluding tert-OH is 6. The lowest BCUT2D eigenvalue weighted by Gasteiger charge is -2.43. The molecule has 2 fully saturated rings. The standard InChI is InChI=1S/C26H32O15/c1-37-24(36)12-9-39-25(41-26-23(35)22(34)20(32)15(7-27)40-26)18-11(19(31)21(33)17(12)18)8-38-16(30)5-3-10-2-4-13(28)14(29)6-10/h2-6,9,11,15,17-23,25-29,31-35H,7-8H2,1H3/b5-3+/t11-,15-,17-,18+,19-,20-,21+,22+,23+,25+,26+/m1/s1. The highest BCUT2D eigenvalue weighted by Crippen LogP contribution is 2.48.